The second-order valence-corrected chi connectivity index (χ2v) is 9.04. The molecule has 2 aliphatic rings. The maximum Gasteiger partial charge on any atom is 0.234 e. The SMILES string of the molecule is COc1cc(NC(=O)CSC2=NC3(CCCCCC3)N=C2c2ccccc2)cc(OC)c1. The molecule has 1 aliphatic carbocycles. The lowest BCUT2D eigenvalue weighted by Gasteiger charge is -2.20. The molecule has 0 radical (unpaired) electrons. The van der Waals surface area contributed by atoms with Gasteiger partial charge in [-0.1, -0.05) is 54.9 Å². The number of amides is 1. The van der Waals surface area contributed by atoms with Crippen molar-refractivity contribution in [2.24, 2.45) is 9.98 Å². The van der Waals surface area contributed by atoms with Gasteiger partial charge in [0.05, 0.1) is 25.7 Å². The number of benzene rings is 2. The van der Waals surface area contributed by atoms with Gasteiger partial charge in [-0.15, -0.1) is 0 Å². The highest BCUT2D eigenvalue weighted by Gasteiger charge is 2.37. The lowest BCUT2D eigenvalue weighted by atomic mass is 10.0. The maximum atomic E-state index is 12.7. The number of ether oxygens (including phenoxy) is 2. The van der Waals surface area contributed by atoms with Crippen molar-refractivity contribution in [3.8, 4) is 11.5 Å². The van der Waals surface area contributed by atoms with E-state index in [2.05, 4.69) is 17.4 Å². The smallest absolute Gasteiger partial charge is 0.234 e. The Kier molecular flexibility index (Phi) is 7.15. The lowest BCUT2D eigenvalue weighted by molar-refractivity contribution is -0.113. The van der Waals surface area contributed by atoms with E-state index in [0.29, 0.717) is 17.2 Å². The average molecular weight is 452 g/mol. The summed E-state index contributed by atoms with van der Waals surface area (Å²) >= 11 is 1.45. The molecule has 1 saturated carbocycles. The molecule has 7 heteroatoms. The van der Waals surface area contributed by atoms with Gasteiger partial charge in [0.25, 0.3) is 0 Å². The van der Waals surface area contributed by atoms with Gasteiger partial charge in [0.1, 0.15) is 16.5 Å². The van der Waals surface area contributed by atoms with Gasteiger partial charge in [-0.05, 0) is 25.7 Å². The number of carbonyl (C=O) groups excluding carboxylic acids is 1. The first-order valence-corrected chi connectivity index (χ1v) is 12.0. The number of hydrogen-bond donors (Lipinski definition) is 1. The van der Waals surface area contributed by atoms with Gasteiger partial charge >= 0.3 is 0 Å². The fourth-order valence-corrected chi connectivity index (χ4v) is 5.01. The summed E-state index contributed by atoms with van der Waals surface area (Å²) in [4.78, 5) is 22.9. The molecule has 168 valence electrons. The quantitative estimate of drug-likeness (QED) is 0.645. The van der Waals surface area contributed by atoms with Crippen molar-refractivity contribution >= 4 is 34.1 Å². The molecular formula is C25H29N3O3S. The highest BCUT2D eigenvalue weighted by Crippen LogP contribution is 2.38. The monoisotopic (exact) mass is 451 g/mol. The van der Waals surface area contributed by atoms with Crippen LogP contribution in [0.4, 0.5) is 5.69 Å². The predicted octanol–water partition coefficient (Wildman–Crippen LogP) is 5.33. The Morgan fingerprint density at radius 2 is 1.62 bits per heavy atom. The molecule has 0 saturated heterocycles. The first-order valence-electron chi connectivity index (χ1n) is 11.0. The van der Waals surface area contributed by atoms with Crippen LogP contribution < -0.4 is 14.8 Å². The van der Waals surface area contributed by atoms with Crippen LogP contribution in [0.15, 0.2) is 58.5 Å². The van der Waals surface area contributed by atoms with Crippen LogP contribution in [-0.2, 0) is 4.79 Å². The Hall–Kier alpha value is -2.80. The summed E-state index contributed by atoms with van der Waals surface area (Å²) in [5.74, 6) is 1.39. The zero-order valence-corrected chi connectivity index (χ0v) is 19.4. The normalized spacial score (nSPS) is 17.3. The van der Waals surface area contributed by atoms with Crippen LogP contribution >= 0.6 is 11.8 Å². The number of anilines is 1. The van der Waals surface area contributed by atoms with Gasteiger partial charge in [-0.25, -0.2) is 4.99 Å². The van der Waals surface area contributed by atoms with E-state index in [1.807, 2.05) is 18.2 Å². The second kappa shape index (κ2) is 10.2. The number of rotatable bonds is 6. The summed E-state index contributed by atoms with van der Waals surface area (Å²) in [6, 6.07) is 15.5. The molecule has 6 nitrogen and oxygen atoms in total. The van der Waals surface area contributed by atoms with E-state index >= 15 is 0 Å². The molecule has 0 bridgehead atoms. The molecule has 0 atom stereocenters. The largest absolute Gasteiger partial charge is 0.497 e. The van der Waals surface area contributed by atoms with E-state index in [1.54, 1.807) is 32.4 Å². The topological polar surface area (TPSA) is 72.3 Å². The Balaban J connectivity index is 1.49. The Labute approximate surface area is 193 Å². The van der Waals surface area contributed by atoms with E-state index in [1.165, 1.54) is 24.6 Å². The second-order valence-electron chi connectivity index (χ2n) is 8.08. The highest BCUT2D eigenvalue weighted by molar-refractivity contribution is 8.16. The number of nitrogens with zero attached hydrogens (tertiary/aromatic N) is 2. The third kappa shape index (κ3) is 5.33. The van der Waals surface area contributed by atoms with Crippen molar-refractivity contribution in [3.05, 3.63) is 54.1 Å². The van der Waals surface area contributed by atoms with Crippen LogP contribution in [-0.4, -0.2) is 42.3 Å². The van der Waals surface area contributed by atoms with Gasteiger partial charge < -0.3 is 14.8 Å². The average Bonchev–Trinajstić information content (AvgIpc) is 3.02. The summed E-state index contributed by atoms with van der Waals surface area (Å²) in [6.07, 6.45) is 6.72. The van der Waals surface area contributed by atoms with Crippen LogP contribution in [0.25, 0.3) is 0 Å². The minimum Gasteiger partial charge on any atom is -0.497 e. The van der Waals surface area contributed by atoms with Crippen molar-refractivity contribution in [3.63, 3.8) is 0 Å². The minimum absolute atomic E-state index is 0.109. The van der Waals surface area contributed by atoms with Crippen LogP contribution in [0.2, 0.25) is 0 Å². The van der Waals surface area contributed by atoms with Gasteiger partial charge in [0.2, 0.25) is 5.91 Å². The van der Waals surface area contributed by atoms with Gasteiger partial charge in [0, 0.05) is 29.4 Å². The molecule has 1 fully saturated rings. The van der Waals surface area contributed by atoms with Gasteiger partial charge in [-0.3, -0.25) is 9.79 Å². The van der Waals surface area contributed by atoms with Crippen molar-refractivity contribution in [1.82, 2.24) is 0 Å². The Bertz CT molecular complexity index is 990. The van der Waals surface area contributed by atoms with E-state index in [9.17, 15) is 4.79 Å². The zero-order chi connectivity index (χ0) is 22.4. The molecule has 1 N–H and O–H groups in total. The van der Waals surface area contributed by atoms with Crippen LogP contribution in [0.5, 0.6) is 11.5 Å². The number of nitrogens with one attached hydrogen (secondary N) is 1. The fourth-order valence-electron chi connectivity index (χ4n) is 4.14. The molecule has 1 heterocycles. The molecule has 1 amide bonds. The summed E-state index contributed by atoms with van der Waals surface area (Å²) < 4.78 is 10.6. The first-order chi connectivity index (χ1) is 15.6. The number of hydrogen-bond acceptors (Lipinski definition) is 6. The molecule has 1 spiro atoms. The molecule has 1 aliphatic heterocycles. The first kappa shape index (κ1) is 22.4. The summed E-state index contributed by atoms with van der Waals surface area (Å²) in [5, 5.41) is 3.79. The molecule has 0 unspecified atom stereocenters. The van der Waals surface area contributed by atoms with E-state index in [-0.39, 0.29) is 17.3 Å². The Morgan fingerprint density at radius 1 is 0.969 bits per heavy atom. The van der Waals surface area contributed by atoms with Crippen molar-refractivity contribution in [2.75, 3.05) is 25.3 Å². The summed E-state index contributed by atoms with van der Waals surface area (Å²) in [7, 11) is 3.17. The number of thioether (sulfide) groups is 1. The van der Waals surface area contributed by atoms with Crippen molar-refractivity contribution in [1.29, 1.82) is 0 Å². The molecule has 32 heavy (non-hydrogen) atoms. The van der Waals surface area contributed by atoms with Gasteiger partial charge in [-0.2, -0.15) is 0 Å². The Morgan fingerprint density at radius 3 is 2.25 bits per heavy atom. The summed E-state index contributed by atoms with van der Waals surface area (Å²) in [5.41, 5.74) is 2.24. The number of aliphatic imine (C=N–C) groups is 2. The third-order valence-corrected chi connectivity index (χ3v) is 6.72. The van der Waals surface area contributed by atoms with E-state index in [4.69, 9.17) is 19.5 Å². The van der Waals surface area contributed by atoms with Crippen LogP contribution in [0, 0.1) is 0 Å². The van der Waals surface area contributed by atoms with Crippen molar-refractivity contribution in [2.45, 2.75) is 44.2 Å². The fraction of sp³-hybridized carbons (Fsp3) is 0.400. The zero-order valence-electron chi connectivity index (χ0n) is 18.6. The number of methoxy groups -OCH3 is 2. The molecular weight excluding hydrogens is 422 g/mol. The molecule has 2 aromatic rings. The van der Waals surface area contributed by atoms with E-state index < -0.39 is 0 Å². The standard InChI is InChI=1S/C25H29N3O3S/c1-30-20-14-19(15-21(16-20)31-2)26-22(29)17-32-24-23(18-10-6-5-7-11-18)27-25(28-24)12-8-3-4-9-13-25/h5-7,10-11,14-16H,3-4,8-9,12-13,17H2,1-2H3,(H,26,29). The van der Waals surface area contributed by atoms with Crippen LogP contribution in [0.3, 0.4) is 0 Å². The summed E-state index contributed by atoms with van der Waals surface area (Å²) in [6.45, 7) is 0. The van der Waals surface area contributed by atoms with E-state index in [0.717, 1.165) is 42.0 Å². The third-order valence-electron chi connectivity index (χ3n) is 5.76. The molecule has 4 rings (SSSR count). The van der Waals surface area contributed by atoms with Crippen LogP contribution in [0.1, 0.15) is 44.1 Å². The molecule has 2 aromatic carbocycles. The number of carbonyl (C=O) groups is 1. The lowest BCUT2D eigenvalue weighted by Crippen LogP contribution is -2.20. The minimum atomic E-state index is -0.360. The highest BCUT2D eigenvalue weighted by atomic mass is 32.2. The predicted molar refractivity (Wildman–Crippen MR) is 131 cm³/mol. The molecule has 0 aromatic heterocycles. The maximum absolute atomic E-state index is 12.7. The van der Waals surface area contributed by atoms with Gasteiger partial charge in [0.15, 0.2) is 5.66 Å². The van der Waals surface area contributed by atoms with Crippen molar-refractivity contribution < 1.29 is 14.3 Å².